The van der Waals surface area contributed by atoms with Crippen molar-refractivity contribution >= 4 is 16.9 Å². The Bertz CT molecular complexity index is 777. The molecule has 0 bridgehead atoms. The summed E-state index contributed by atoms with van der Waals surface area (Å²) in [6, 6.07) is 6.17. The van der Waals surface area contributed by atoms with Crippen molar-refractivity contribution < 1.29 is 4.79 Å². The van der Waals surface area contributed by atoms with Crippen LogP contribution < -0.4 is 11.0 Å². The highest BCUT2D eigenvalue weighted by atomic mass is 16.2. The van der Waals surface area contributed by atoms with Crippen molar-refractivity contribution in [1.29, 1.82) is 0 Å². The summed E-state index contributed by atoms with van der Waals surface area (Å²) in [5, 5.41) is 3.10. The molecular weight excluding hydrogens is 290 g/mol. The molecule has 5 heteroatoms. The molecule has 122 valence electrons. The number of carbonyl (C=O) groups is 1. The second-order valence-corrected chi connectivity index (χ2v) is 6.93. The van der Waals surface area contributed by atoms with Gasteiger partial charge in [-0.05, 0) is 43.9 Å². The number of amides is 1. The maximum Gasteiger partial charge on any atom is 0.326 e. The van der Waals surface area contributed by atoms with Crippen molar-refractivity contribution in [2.45, 2.75) is 63.5 Å². The first kappa shape index (κ1) is 14.5. The molecule has 0 atom stereocenters. The largest absolute Gasteiger partial charge is 0.349 e. The molecule has 0 aliphatic heterocycles. The first-order valence-electron chi connectivity index (χ1n) is 8.77. The normalized spacial score (nSPS) is 19.7. The van der Waals surface area contributed by atoms with E-state index in [1.807, 2.05) is 22.8 Å². The van der Waals surface area contributed by atoms with Crippen molar-refractivity contribution in [2.75, 3.05) is 0 Å². The Morgan fingerprint density at radius 3 is 2.52 bits per heavy atom. The molecule has 1 aromatic heterocycles. The number of nitrogens with zero attached hydrogens (tertiary/aromatic N) is 1. The first-order chi connectivity index (χ1) is 11.2. The summed E-state index contributed by atoms with van der Waals surface area (Å²) < 4.78 is 1.88. The third kappa shape index (κ3) is 2.69. The molecule has 0 radical (unpaired) electrons. The third-order valence-electron chi connectivity index (χ3n) is 5.36. The summed E-state index contributed by atoms with van der Waals surface area (Å²) in [6.45, 7) is 0. The molecule has 2 aromatic rings. The summed E-state index contributed by atoms with van der Waals surface area (Å²) in [5.41, 5.74) is 2.25. The van der Waals surface area contributed by atoms with Crippen LogP contribution in [-0.4, -0.2) is 21.5 Å². The van der Waals surface area contributed by atoms with Crippen LogP contribution in [0.5, 0.6) is 0 Å². The minimum absolute atomic E-state index is 0.0340. The summed E-state index contributed by atoms with van der Waals surface area (Å²) in [7, 11) is 0. The van der Waals surface area contributed by atoms with Crippen LogP contribution in [0.25, 0.3) is 11.0 Å². The first-order valence-corrected chi connectivity index (χ1v) is 8.77. The highest BCUT2D eigenvalue weighted by Crippen LogP contribution is 2.30. The molecule has 2 aliphatic carbocycles. The fraction of sp³-hybridized carbons (Fsp3) is 0.556. The van der Waals surface area contributed by atoms with Gasteiger partial charge in [-0.25, -0.2) is 4.79 Å². The van der Waals surface area contributed by atoms with E-state index in [9.17, 15) is 9.59 Å². The molecule has 0 unspecified atom stereocenters. The van der Waals surface area contributed by atoms with Gasteiger partial charge in [-0.15, -0.1) is 0 Å². The number of aromatic nitrogens is 2. The maximum atomic E-state index is 12.4. The molecule has 4 rings (SSSR count). The Morgan fingerprint density at radius 2 is 1.78 bits per heavy atom. The van der Waals surface area contributed by atoms with E-state index < -0.39 is 0 Å². The molecule has 2 saturated carbocycles. The van der Waals surface area contributed by atoms with Crippen molar-refractivity contribution in [2.24, 2.45) is 0 Å². The average Bonchev–Trinajstić information content (AvgIpc) is 3.25. The number of imidazole rings is 1. The van der Waals surface area contributed by atoms with Crippen LogP contribution in [-0.2, 0) is 0 Å². The number of benzene rings is 1. The van der Waals surface area contributed by atoms with Gasteiger partial charge in [-0.2, -0.15) is 0 Å². The summed E-state index contributed by atoms with van der Waals surface area (Å²) in [4.78, 5) is 27.6. The topological polar surface area (TPSA) is 66.9 Å². The number of fused-ring (bicyclic) bond motifs is 1. The van der Waals surface area contributed by atoms with Crippen molar-refractivity contribution in [3.8, 4) is 0 Å². The van der Waals surface area contributed by atoms with Crippen LogP contribution in [0, 0.1) is 0 Å². The van der Waals surface area contributed by atoms with Crippen LogP contribution in [0.4, 0.5) is 0 Å². The molecule has 1 aromatic carbocycles. The van der Waals surface area contributed by atoms with E-state index >= 15 is 0 Å². The van der Waals surface area contributed by atoms with Gasteiger partial charge in [0.2, 0.25) is 0 Å². The zero-order valence-corrected chi connectivity index (χ0v) is 13.3. The lowest BCUT2D eigenvalue weighted by atomic mass is 10.1. The van der Waals surface area contributed by atoms with E-state index in [0.29, 0.717) is 17.6 Å². The maximum absolute atomic E-state index is 12.4. The zero-order chi connectivity index (χ0) is 15.8. The molecule has 5 nitrogen and oxygen atoms in total. The van der Waals surface area contributed by atoms with Crippen molar-refractivity contribution in [3.05, 3.63) is 34.2 Å². The van der Waals surface area contributed by atoms with Crippen LogP contribution in [0.3, 0.4) is 0 Å². The molecule has 2 N–H and O–H groups in total. The number of hydrogen-bond acceptors (Lipinski definition) is 2. The van der Waals surface area contributed by atoms with E-state index in [4.69, 9.17) is 0 Å². The minimum Gasteiger partial charge on any atom is -0.349 e. The predicted molar refractivity (Wildman–Crippen MR) is 89.8 cm³/mol. The van der Waals surface area contributed by atoms with Crippen molar-refractivity contribution in [1.82, 2.24) is 14.9 Å². The second-order valence-electron chi connectivity index (χ2n) is 6.93. The van der Waals surface area contributed by atoms with Crippen LogP contribution >= 0.6 is 0 Å². The Kier molecular flexibility index (Phi) is 3.71. The zero-order valence-electron chi connectivity index (χ0n) is 13.3. The highest BCUT2D eigenvalue weighted by molar-refractivity contribution is 5.97. The molecule has 23 heavy (non-hydrogen) atoms. The lowest BCUT2D eigenvalue weighted by molar-refractivity contribution is 0.0938. The minimum atomic E-state index is -0.0553. The highest BCUT2D eigenvalue weighted by Gasteiger charge is 2.22. The second kappa shape index (κ2) is 5.87. The average molecular weight is 313 g/mol. The number of aromatic amines is 1. The lowest BCUT2D eigenvalue weighted by Crippen LogP contribution is -2.32. The van der Waals surface area contributed by atoms with Crippen LogP contribution in [0.2, 0.25) is 0 Å². The van der Waals surface area contributed by atoms with E-state index in [2.05, 4.69) is 10.3 Å². The SMILES string of the molecule is O=C(NC1CCCC1)c1ccc2c(c1)[nH]c(=O)n2C1CCCC1. The Morgan fingerprint density at radius 1 is 1.09 bits per heavy atom. The number of rotatable bonds is 3. The number of H-pyrrole nitrogens is 1. The van der Waals surface area contributed by atoms with Gasteiger partial charge in [0.25, 0.3) is 5.91 Å². The monoisotopic (exact) mass is 313 g/mol. The fourth-order valence-electron chi connectivity index (χ4n) is 4.14. The lowest BCUT2D eigenvalue weighted by Gasteiger charge is -2.13. The smallest absolute Gasteiger partial charge is 0.326 e. The van der Waals surface area contributed by atoms with Gasteiger partial charge in [0.15, 0.2) is 0 Å². The predicted octanol–water partition coefficient (Wildman–Crippen LogP) is 3.12. The molecular formula is C18H23N3O2. The van der Waals surface area contributed by atoms with E-state index in [-0.39, 0.29) is 11.6 Å². The fourth-order valence-corrected chi connectivity index (χ4v) is 4.14. The Balaban J connectivity index is 1.63. The van der Waals surface area contributed by atoms with Gasteiger partial charge in [-0.1, -0.05) is 25.7 Å². The molecule has 0 spiro atoms. The molecule has 2 fully saturated rings. The molecule has 2 aliphatic rings. The third-order valence-corrected chi connectivity index (χ3v) is 5.36. The van der Waals surface area contributed by atoms with Gasteiger partial charge >= 0.3 is 5.69 Å². The van der Waals surface area contributed by atoms with Gasteiger partial charge in [-0.3, -0.25) is 9.36 Å². The van der Waals surface area contributed by atoms with E-state index in [1.165, 1.54) is 25.7 Å². The number of hydrogen-bond donors (Lipinski definition) is 2. The van der Waals surface area contributed by atoms with Gasteiger partial charge in [0.1, 0.15) is 0 Å². The van der Waals surface area contributed by atoms with Gasteiger partial charge in [0, 0.05) is 17.6 Å². The van der Waals surface area contributed by atoms with Crippen LogP contribution in [0.15, 0.2) is 23.0 Å². The number of carbonyl (C=O) groups excluding carboxylic acids is 1. The molecule has 0 saturated heterocycles. The van der Waals surface area contributed by atoms with Crippen LogP contribution in [0.1, 0.15) is 67.8 Å². The van der Waals surface area contributed by atoms with Crippen molar-refractivity contribution in [3.63, 3.8) is 0 Å². The van der Waals surface area contributed by atoms with Gasteiger partial charge in [0.05, 0.1) is 11.0 Å². The Labute approximate surface area is 135 Å². The number of nitrogens with one attached hydrogen (secondary N) is 2. The summed E-state index contributed by atoms with van der Waals surface area (Å²) in [5.74, 6) is -0.0340. The standard InChI is InChI=1S/C18H23N3O2/c22-17(19-13-5-1-2-6-13)12-9-10-16-15(11-12)20-18(23)21(16)14-7-3-4-8-14/h9-11,13-14H,1-8H2,(H,19,22)(H,20,23). The van der Waals surface area contributed by atoms with E-state index in [1.54, 1.807) is 0 Å². The van der Waals surface area contributed by atoms with Gasteiger partial charge < -0.3 is 10.3 Å². The van der Waals surface area contributed by atoms with E-state index in [0.717, 1.165) is 36.7 Å². The molecule has 1 heterocycles. The molecule has 1 amide bonds. The summed E-state index contributed by atoms with van der Waals surface area (Å²) >= 11 is 0. The Hall–Kier alpha value is -2.04. The summed E-state index contributed by atoms with van der Waals surface area (Å²) in [6.07, 6.45) is 9.04. The quantitative estimate of drug-likeness (QED) is 0.914.